The average molecular weight is 308 g/mol. The third kappa shape index (κ3) is 3.69. The molecule has 108 valence electrons. The van der Waals surface area contributed by atoms with Gasteiger partial charge in [-0.25, -0.2) is 4.39 Å². The molecule has 0 bridgehead atoms. The second kappa shape index (κ2) is 5.80. The van der Waals surface area contributed by atoms with E-state index in [2.05, 4.69) is 4.40 Å². The SMILES string of the molecule is O=[N+]([O-])c1ccc(S(=O)(=O)N=Cc2ccc(F)cc2)cc1. The van der Waals surface area contributed by atoms with E-state index in [1.807, 2.05) is 0 Å². The molecular weight excluding hydrogens is 299 g/mol. The van der Waals surface area contributed by atoms with Gasteiger partial charge in [0.2, 0.25) is 0 Å². The second-order valence-corrected chi connectivity index (χ2v) is 5.64. The maximum absolute atomic E-state index is 12.7. The number of sulfonamides is 1. The summed E-state index contributed by atoms with van der Waals surface area (Å²) < 4.78 is 40.0. The third-order valence-corrected chi connectivity index (χ3v) is 3.81. The molecule has 2 aromatic carbocycles. The normalized spacial score (nSPS) is 11.7. The molecule has 0 aliphatic carbocycles. The number of nitrogens with zero attached hydrogens (tertiary/aromatic N) is 2. The largest absolute Gasteiger partial charge is 0.282 e. The Morgan fingerprint density at radius 3 is 2.14 bits per heavy atom. The van der Waals surface area contributed by atoms with E-state index in [9.17, 15) is 22.9 Å². The molecule has 0 fully saturated rings. The molecule has 21 heavy (non-hydrogen) atoms. The molecule has 0 aliphatic rings. The Kier molecular flexibility index (Phi) is 4.08. The number of halogens is 1. The van der Waals surface area contributed by atoms with Gasteiger partial charge >= 0.3 is 0 Å². The fraction of sp³-hybridized carbons (Fsp3) is 0. The zero-order chi connectivity index (χ0) is 15.5. The number of rotatable bonds is 4. The van der Waals surface area contributed by atoms with Crippen LogP contribution in [0.4, 0.5) is 10.1 Å². The van der Waals surface area contributed by atoms with Crippen LogP contribution in [0.3, 0.4) is 0 Å². The summed E-state index contributed by atoms with van der Waals surface area (Å²) in [5, 5.41) is 10.5. The summed E-state index contributed by atoms with van der Waals surface area (Å²) >= 11 is 0. The number of hydrogen-bond donors (Lipinski definition) is 0. The minimum absolute atomic E-state index is 0.161. The van der Waals surface area contributed by atoms with E-state index in [1.54, 1.807) is 0 Å². The third-order valence-electron chi connectivity index (χ3n) is 2.56. The first-order valence-electron chi connectivity index (χ1n) is 5.69. The van der Waals surface area contributed by atoms with E-state index in [0.29, 0.717) is 5.56 Å². The van der Waals surface area contributed by atoms with Crippen LogP contribution in [0, 0.1) is 15.9 Å². The summed E-state index contributed by atoms with van der Waals surface area (Å²) in [6.45, 7) is 0. The van der Waals surface area contributed by atoms with Gasteiger partial charge < -0.3 is 0 Å². The highest BCUT2D eigenvalue weighted by Gasteiger charge is 2.13. The molecular formula is C13H9FN2O4S. The van der Waals surface area contributed by atoms with Crippen LogP contribution in [-0.2, 0) is 10.0 Å². The first-order chi connectivity index (χ1) is 9.88. The van der Waals surface area contributed by atoms with Crippen LogP contribution in [-0.4, -0.2) is 19.6 Å². The van der Waals surface area contributed by atoms with Crippen molar-refractivity contribution >= 4 is 21.9 Å². The van der Waals surface area contributed by atoms with Crippen molar-refractivity contribution in [3.8, 4) is 0 Å². The predicted molar refractivity (Wildman–Crippen MR) is 74.3 cm³/mol. The van der Waals surface area contributed by atoms with Gasteiger partial charge in [0, 0.05) is 18.3 Å². The van der Waals surface area contributed by atoms with Gasteiger partial charge in [-0.05, 0) is 29.8 Å². The van der Waals surface area contributed by atoms with E-state index in [0.717, 1.165) is 30.5 Å². The molecule has 0 spiro atoms. The van der Waals surface area contributed by atoms with Gasteiger partial charge in [0.15, 0.2) is 0 Å². The summed E-state index contributed by atoms with van der Waals surface area (Å²) in [4.78, 5) is 9.71. The van der Waals surface area contributed by atoms with Gasteiger partial charge in [0.05, 0.1) is 9.82 Å². The minimum Gasteiger partial charge on any atom is -0.258 e. The zero-order valence-corrected chi connectivity index (χ0v) is 11.3. The molecule has 0 saturated heterocycles. The lowest BCUT2D eigenvalue weighted by Gasteiger charge is -1.98. The Bertz CT molecular complexity index is 784. The van der Waals surface area contributed by atoms with Crippen LogP contribution in [0.5, 0.6) is 0 Å². The Labute approximate surface area is 119 Å². The van der Waals surface area contributed by atoms with Crippen molar-refractivity contribution in [3.05, 3.63) is 70.0 Å². The Hall–Kier alpha value is -2.61. The Morgan fingerprint density at radius 2 is 1.62 bits per heavy atom. The lowest BCUT2D eigenvalue weighted by Crippen LogP contribution is -1.98. The van der Waals surface area contributed by atoms with E-state index < -0.39 is 20.8 Å². The quantitative estimate of drug-likeness (QED) is 0.493. The summed E-state index contributed by atoms with van der Waals surface area (Å²) in [5.74, 6) is -0.439. The van der Waals surface area contributed by atoms with Crippen molar-refractivity contribution in [1.29, 1.82) is 0 Å². The molecule has 0 heterocycles. The van der Waals surface area contributed by atoms with E-state index in [4.69, 9.17) is 0 Å². The second-order valence-electron chi connectivity index (χ2n) is 4.01. The van der Waals surface area contributed by atoms with Crippen molar-refractivity contribution in [2.24, 2.45) is 4.40 Å². The van der Waals surface area contributed by atoms with E-state index in [1.165, 1.54) is 24.3 Å². The molecule has 0 atom stereocenters. The predicted octanol–water partition coefficient (Wildman–Crippen LogP) is 2.54. The van der Waals surface area contributed by atoms with Crippen molar-refractivity contribution < 1.29 is 17.7 Å². The average Bonchev–Trinajstić information content (AvgIpc) is 2.47. The van der Waals surface area contributed by atoms with Gasteiger partial charge in [-0.3, -0.25) is 10.1 Å². The van der Waals surface area contributed by atoms with Crippen LogP contribution < -0.4 is 0 Å². The Morgan fingerprint density at radius 1 is 1.05 bits per heavy atom. The first kappa shape index (κ1) is 14.8. The van der Waals surface area contributed by atoms with Crippen LogP contribution in [0.25, 0.3) is 0 Å². The summed E-state index contributed by atoms with van der Waals surface area (Å²) in [7, 11) is -3.96. The molecule has 0 aliphatic heterocycles. The van der Waals surface area contributed by atoms with Crippen molar-refractivity contribution in [3.63, 3.8) is 0 Å². The number of hydrogen-bond acceptors (Lipinski definition) is 4. The minimum atomic E-state index is -3.96. The van der Waals surface area contributed by atoms with Gasteiger partial charge in [0.1, 0.15) is 5.82 Å². The summed E-state index contributed by atoms with van der Waals surface area (Å²) in [6, 6.07) is 9.50. The summed E-state index contributed by atoms with van der Waals surface area (Å²) in [5.41, 5.74) is 0.207. The van der Waals surface area contributed by atoms with Gasteiger partial charge in [0.25, 0.3) is 15.7 Å². The van der Waals surface area contributed by atoms with Crippen LogP contribution in [0.2, 0.25) is 0 Å². The number of benzene rings is 2. The van der Waals surface area contributed by atoms with Gasteiger partial charge in [-0.1, -0.05) is 12.1 Å². The topological polar surface area (TPSA) is 89.6 Å². The molecule has 0 saturated carbocycles. The van der Waals surface area contributed by atoms with Crippen molar-refractivity contribution in [1.82, 2.24) is 0 Å². The molecule has 6 nitrogen and oxygen atoms in total. The fourth-order valence-corrected chi connectivity index (χ4v) is 2.34. The molecule has 8 heteroatoms. The van der Waals surface area contributed by atoms with Crippen molar-refractivity contribution in [2.45, 2.75) is 4.90 Å². The Balaban J connectivity index is 2.25. The zero-order valence-electron chi connectivity index (χ0n) is 10.5. The highest BCUT2D eigenvalue weighted by Crippen LogP contribution is 2.17. The van der Waals surface area contributed by atoms with E-state index in [-0.39, 0.29) is 10.6 Å². The van der Waals surface area contributed by atoms with Crippen molar-refractivity contribution in [2.75, 3.05) is 0 Å². The summed E-state index contributed by atoms with van der Waals surface area (Å²) in [6.07, 6.45) is 1.08. The van der Waals surface area contributed by atoms with Crippen LogP contribution >= 0.6 is 0 Å². The van der Waals surface area contributed by atoms with Crippen LogP contribution in [0.1, 0.15) is 5.56 Å². The molecule has 0 unspecified atom stereocenters. The number of non-ortho nitro benzene ring substituents is 1. The molecule has 0 radical (unpaired) electrons. The smallest absolute Gasteiger partial charge is 0.258 e. The maximum atomic E-state index is 12.7. The highest BCUT2D eigenvalue weighted by molar-refractivity contribution is 7.90. The molecule has 0 N–H and O–H groups in total. The maximum Gasteiger partial charge on any atom is 0.282 e. The van der Waals surface area contributed by atoms with E-state index >= 15 is 0 Å². The molecule has 0 amide bonds. The standard InChI is InChI=1S/C13H9FN2O4S/c14-11-3-1-10(2-4-11)9-15-21(19,20)13-7-5-12(6-8-13)16(17)18/h1-9H. The lowest BCUT2D eigenvalue weighted by molar-refractivity contribution is -0.384. The fourth-order valence-electron chi connectivity index (χ4n) is 1.48. The monoisotopic (exact) mass is 308 g/mol. The van der Waals surface area contributed by atoms with Crippen LogP contribution in [0.15, 0.2) is 57.8 Å². The number of nitro groups is 1. The molecule has 2 aromatic rings. The van der Waals surface area contributed by atoms with Gasteiger partial charge in [-0.15, -0.1) is 0 Å². The van der Waals surface area contributed by atoms with Gasteiger partial charge in [-0.2, -0.15) is 12.8 Å². The number of nitro benzene ring substituents is 1. The first-order valence-corrected chi connectivity index (χ1v) is 7.13. The highest BCUT2D eigenvalue weighted by atomic mass is 32.2. The molecule has 2 rings (SSSR count). The molecule has 0 aromatic heterocycles. The lowest BCUT2D eigenvalue weighted by atomic mass is 10.2.